The van der Waals surface area contributed by atoms with E-state index in [1.807, 2.05) is 18.2 Å². The highest BCUT2D eigenvalue weighted by Gasteiger charge is 2.06. The summed E-state index contributed by atoms with van der Waals surface area (Å²) in [6.45, 7) is 0. The van der Waals surface area contributed by atoms with E-state index in [1.165, 1.54) is 0 Å². The predicted molar refractivity (Wildman–Crippen MR) is 59.4 cm³/mol. The van der Waals surface area contributed by atoms with E-state index in [2.05, 4.69) is 9.97 Å². The van der Waals surface area contributed by atoms with Crippen molar-refractivity contribution in [1.29, 1.82) is 0 Å². The Morgan fingerprint density at radius 3 is 2.93 bits per heavy atom. The minimum Gasteiger partial charge on any atom is -0.345 e. The zero-order valence-corrected chi connectivity index (χ0v) is 9.35. The third kappa shape index (κ3) is 2.70. The van der Waals surface area contributed by atoms with E-state index in [9.17, 15) is 8.42 Å². The number of H-pyrrole nitrogens is 1. The van der Waals surface area contributed by atoms with Crippen LogP contribution >= 0.6 is 10.7 Å². The first-order valence-electron chi connectivity index (χ1n) is 4.39. The molecule has 0 unspecified atom stereocenters. The maximum atomic E-state index is 10.8. The average molecular weight is 245 g/mol. The van der Waals surface area contributed by atoms with Crippen molar-refractivity contribution in [3.8, 4) is 0 Å². The highest BCUT2D eigenvalue weighted by molar-refractivity contribution is 8.13. The monoisotopic (exact) mass is 244 g/mol. The molecule has 1 aromatic heterocycles. The predicted octanol–water partition coefficient (Wildman–Crippen LogP) is 1.67. The maximum absolute atomic E-state index is 10.8. The summed E-state index contributed by atoms with van der Waals surface area (Å²) in [4.78, 5) is 7.03. The summed E-state index contributed by atoms with van der Waals surface area (Å²) >= 11 is 0. The van der Waals surface area contributed by atoms with Gasteiger partial charge in [0.05, 0.1) is 23.1 Å². The van der Waals surface area contributed by atoms with Gasteiger partial charge >= 0.3 is 0 Å². The van der Waals surface area contributed by atoms with Crippen LogP contribution < -0.4 is 0 Å². The Labute approximate surface area is 91.7 Å². The molecule has 4 nitrogen and oxygen atoms in total. The summed E-state index contributed by atoms with van der Waals surface area (Å²) in [6.07, 6.45) is 2.02. The molecule has 0 saturated heterocycles. The highest BCUT2D eigenvalue weighted by Crippen LogP contribution is 2.13. The van der Waals surface area contributed by atoms with E-state index < -0.39 is 9.05 Å². The first-order valence-corrected chi connectivity index (χ1v) is 6.87. The van der Waals surface area contributed by atoms with Crippen LogP contribution in [0.15, 0.2) is 24.5 Å². The number of nitrogens with one attached hydrogen (secondary N) is 1. The summed E-state index contributed by atoms with van der Waals surface area (Å²) in [5.41, 5.74) is 2.70. The molecule has 2 aromatic rings. The summed E-state index contributed by atoms with van der Waals surface area (Å²) in [5.74, 6) is -0.0474. The van der Waals surface area contributed by atoms with Crippen LogP contribution in [0.5, 0.6) is 0 Å². The first kappa shape index (κ1) is 10.4. The van der Waals surface area contributed by atoms with E-state index >= 15 is 0 Å². The average Bonchev–Trinajstić information content (AvgIpc) is 2.60. The first-order chi connectivity index (χ1) is 7.04. The van der Waals surface area contributed by atoms with Gasteiger partial charge in [-0.25, -0.2) is 13.4 Å². The zero-order valence-electron chi connectivity index (χ0n) is 7.77. The van der Waals surface area contributed by atoms with Crippen LogP contribution in [0.3, 0.4) is 0 Å². The molecule has 0 radical (unpaired) electrons. The molecule has 1 heterocycles. The number of benzene rings is 1. The fraction of sp³-hybridized carbons (Fsp3) is 0.222. The maximum Gasteiger partial charge on any atom is 0.232 e. The lowest BCUT2D eigenvalue weighted by Crippen LogP contribution is -2.00. The van der Waals surface area contributed by atoms with Crippen LogP contribution in [0, 0.1) is 0 Å². The quantitative estimate of drug-likeness (QED) is 0.836. The van der Waals surface area contributed by atoms with Gasteiger partial charge in [-0.05, 0) is 24.1 Å². The lowest BCUT2D eigenvalue weighted by Gasteiger charge is -1.98. The normalized spacial score (nSPS) is 12.1. The SMILES string of the molecule is O=S(=O)(Cl)CCc1ccc2nc[nH]c2c1. The van der Waals surface area contributed by atoms with Gasteiger partial charge in [0.2, 0.25) is 9.05 Å². The molecule has 0 aliphatic rings. The van der Waals surface area contributed by atoms with Crippen LogP contribution in [0.4, 0.5) is 0 Å². The zero-order chi connectivity index (χ0) is 10.9. The molecule has 0 saturated carbocycles. The van der Waals surface area contributed by atoms with Gasteiger partial charge in [0.1, 0.15) is 0 Å². The molecule has 0 atom stereocenters. The van der Waals surface area contributed by atoms with Crippen molar-refractivity contribution in [2.24, 2.45) is 0 Å². The van der Waals surface area contributed by atoms with Gasteiger partial charge in [-0.15, -0.1) is 0 Å². The fourth-order valence-electron chi connectivity index (χ4n) is 1.38. The molecule has 0 fully saturated rings. The third-order valence-electron chi connectivity index (χ3n) is 2.12. The molecule has 0 aliphatic heterocycles. The Hall–Kier alpha value is -1.07. The van der Waals surface area contributed by atoms with Crippen molar-refractivity contribution < 1.29 is 8.42 Å². The van der Waals surface area contributed by atoms with E-state index in [0.717, 1.165) is 16.6 Å². The lowest BCUT2D eigenvalue weighted by atomic mass is 10.1. The topological polar surface area (TPSA) is 62.8 Å². The van der Waals surface area contributed by atoms with Crippen molar-refractivity contribution in [3.63, 3.8) is 0 Å². The molecule has 6 heteroatoms. The smallest absolute Gasteiger partial charge is 0.232 e. The van der Waals surface area contributed by atoms with Gasteiger partial charge in [-0.3, -0.25) is 0 Å². The second-order valence-corrected chi connectivity index (χ2v) is 6.14. The van der Waals surface area contributed by atoms with E-state index in [0.29, 0.717) is 6.42 Å². The van der Waals surface area contributed by atoms with Gasteiger partial charge in [0, 0.05) is 10.7 Å². The van der Waals surface area contributed by atoms with Gasteiger partial charge < -0.3 is 4.98 Å². The molecule has 80 valence electrons. The summed E-state index contributed by atoms with van der Waals surface area (Å²) < 4.78 is 21.5. The van der Waals surface area contributed by atoms with Gasteiger partial charge in [0.25, 0.3) is 0 Å². The molecular formula is C9H9ClN2O2S. The van der Waals surface area contributed by atoms with Gasteiger partial charge in [-0.2, -0.15) is 0 Å². The third-order valence-corrected chi connectivity index (χ3v) is 3.27. The minimum absolute atomic E-state index is 0.0474. The van der Waals surface area contributed by atoms with Crippen molar-refractivity contribution in [3.05, 3.63) is 30.1 Å². The highest BCUT2D eigenvalue weighted by atomic mass is 35.7. The second-order valence-electron chi connectivity index (χ2n) is 3.25. The minimum atomic E-state index is -3.42. The van der Waals surface area contributed by atoms with Gasteiger partial charge in [0.15, 0.2) is 0 Å². The van der Waals surface area contributed by atoms with Crippen molar-refractivity contribution >= 4 is 30.8 Å². The van der Waals surface area contributed by atoms with E-state index in [-0.39, 0.29) is 5.75 Å². The molecule has 2 rings (SSSR count). The van der Waals surface area contributed by atoms with E-state index in [4.69, 9.17) is 10.7 Å². The largest absolute Gasteiger partial charge is 0.345 e. The van der Waals surface area contributed by atoms with Crippen molar-refractivity contribution in [2.45, 2.75) is 6.42 Å². The number of rotatable bonds is 3. The Balaban J connectivity index is 2.21. The Morgan fingerprint density at radius 1 is 1.40 bits per heavy atom. The molecule has 0 aliphatic carbocycles. The van der Waals surface area contributed by atoms with Crippen molar-refractivity contribution in [1.82, 2.24) is 9.97 Å². The van der Waals surface area contributed by atoms with Crippen LogP contribution in [0.25, 0.3) is 11.0 Å². The molecule has 0 spiro atoms. The van der Waals surface area contributed by atoms with E-state index in [1.54, 1.807) is 6.33 Å². The summed E-state index contributed by atoms with van der Waals surface area (Å²) in [6, 6.07) is 5.58. The fourth-order valence-corrected chi connectivity index (χ4v) is 2.09. The number of hydrogen-bond acceptors (Lipinski definition) is 3. The number of nitrogens with zero attached hydrogens (tertiary/aromatic N) is 1. The Kier molecular flexibility index (Phi) is 2.67. The number of halogens is 1. The Bertz CT molecular complexity index is 577. The number of imidazole rings is 1. The molecule has 0 bridgehead atoms. The lowest BCUT2D eigenvalue weighted by molar-refractivity contribution is 0.609. The molecule has 0 amide bonds. The van der Waals surface area contributed by atoms with Crippen LogP contribution in [-0.4, -0.2) is 24.1 Å². The number of aromatic amines is 1. The molecule has 15 heavy (non-hydrogen) atoms. The molecule has 1 aromatic carbocycles. The standard InChI is InChI=1S/C9H9ClN2O2S/c10-15(13,14)4-3-7-1-2-8-9(5-7)12-6-11-8/h1-2,5-6H,3-4H2,(H,11,12). The summed E-state index contributed by atoms with van der Waals surface area (Å²) in [5, 5.41) is 0. The number of aromatic nitrogens is 2. The van der Waals surface area contributed by atoms with Crippen molar-refractivity contribution in [2.75, 3.05) is 5.75 Å². The molecular weight excluding hydrogens is 236 g/mol. The summed E-state index contributed by atoms with van der Waals surface area (Å²) in [7, 11) is 1.72. The van der Waals surface area contributed by atoms with Crippen LogP contribution in [0.2, 0.25) is 0 Å². The number of hydrogen-bond donors (Lipinski definition) is 1. The second kappa shape index (κ2) is 3.83. The number of aryl methyl sites for hydroxylation is 1. The van der Waals surface area contributed by atoms with Crippen LogP contribution in [-0.2, 0) is 15.5 Å². The number of fused-ring (bicyclic) bond motifs is 1. The Morgan fingerprint density at radius 2 is 2.20 bits per heavy atom. The molecule has 1 N–H and O–H groups in total. The van der Waals surface area contributed by atoms with Crippen LogP contribution in [0.1, 0.15) is 5.56 Å². The van der Waals surface area contributed by atoms with Gasteiger partial charge in [-0.1, -0.05) is 6.07 Å².